The molecule has 3 aromatic rings. The Morgan fingerprint density at radius 3 is 2.29 bits per heavy atom. The molecule has 0 bridgehead atoms. The van der Waals surface area contributed by atoms with Crippen molar-refractivity contribution in [3.8, 4) is 11.5 Å². The third-order valence-corrected chi connectivity index (χ3v) is 6.56. The van der Waals surface area contributed by atoms with Crippen LogP contribution in [0, 0.1) is 0 Å². The van der Waals surface area contributed by atoms with E-state index in [4.69, 9.17) is 44.9 Å². The molecule has 0 aliphatic carbocycles. The molecule has 0 spiro atoms. The van der Waals surface area contributed by atoms with E-state index in [-0.39, 0.29) is 18.4 Å². The monoisotopic (exact) mass is 544 g/mol. The van der Waals surface area contributed by atoms with Crippen molar-refractivity contribution in [2.24, 2.45) is 0 Å². The average molecular weight is 545 g/mol. The van der Waals surface area contributed by atoms with E-state index in [2.05, 4.69) is 5.32 Å². The molecular formula is C25H18Cl2N2O4S2. The summed E-state index contributed by atoms with van der Waals surface area (Å²) in [6, 6.07) is 18.9. The van der Waals surface area contributed by atoms with Gasteiger partial charge in [-0.05, 0) is 66.2 Å². The first-order valence-electron chi connectivity index (χ1n) is 10.2. The number of rotatable bonds is 7. The molecule has 0 atom stereocenters. The number of thioether (sulfide) groups is 1. The zero-order valence-electron chi connectivity index (χ0n) is 18.3. The zero-order chi connectivity index (χ0) is 24.9. The predicted octanol–water partition coefficient (Wildman–Crippen LogP) is 6.43. The van der Waals surface area contributed by atoms with E-state index < -0.39 is 0 Å². The van der Waals surface area contributed by atoms with E-state index in [9.17, 15) is 9.59 Å². The molecule has 10 heteroatoms. The van der Waals surface area contributed by atoms with Gasteiger partial charge in [-0.15, -0.1) is 0 Å². The fourth-order valence-electron chi connectivity index (χ4n) is 3.21. The summed E-state index contributed by atoms with van der Waals surface area (Å²) < 4.78 is 11.2. The van der Waals surface area contributed by atoms with E-state index in [1.165, 1.54) is 16.7 Å². The summed E-state index contributed by atoms with van der Waals surface area (Å²) >= 11 is 18.5. The molecule has 3 aromatic carbocycles. The van der Waals surface area contributed by atoms with Gasteiger partial charge in [-0.25, -0.2) is 0 Å². The molecule has 4 rings (SSSR count). The lowest BCUT2D eigenvalue weighted by molar-refractivity contribution is -0.118. The van der Waals surface area contributed by atoms with Crippen LogP contribution in [0.15, 0.2) is 71.6 Å². The van der Waals surface area contributed by atoms with Gasteiger partial charge >= 0.3 is 0 Å². The number of amides is 2. The van der Waals surface area contributed by atoms with Crippen LogP contribution in [0.5, 0.6) is 11.5 Å². The Morgan fingerprint density at radius 1 is 1.03 bits per heavy atom. The molecule has 1 aliphatic heterocycles. The standard InChI is InChI=1S/C25H18Cl2N2O4S2/c1-32-20-8-4-19(5-9-20)29-24(31)22(35-25(29)34)10-15-2-6-21(7-3-15)33-14-23(30)28-18-12-16(26)11-17(27)13-18/h2-13H,14H2,1H3,(H,28,30)/b22-10-. The van der Waals surface area contributed by atoms with Crippen LogP contribution < -0.4 is 19.7 Å². The van der Waals surface area contributed by atoms with E-state index >= 15 is 0 Å². The van der Waals surface area contributed by atoms with Gasteiger partial charge in [-0.3, -0.25) is 14.5 Å². The Kier molecular flexibility index (Phi) is 7.97. The predicted molar refractivity (Wildman–Crippen MR) is 146 cm³/mol. The van der Waals surface area contributed by atoms with Gasteiger partial charge in [0.2, 0.25) is 0 Å². The number of benzene rings is 3. The van der Waals surface area contributed by atoms with Gasteiger partial charge in [-0.1, -0.05) is 59.3 Å². The van der Waals surface area contributed by atoms with Gasteiger partial charge in [0.15, 0.2) is 10.9 Å². The van der Waals surface area contributed by atoms with Crippen LogP contribution in [-0.2, 0) is 9.59 Å². The van der Waals surface area contributed by atoms with Crippen LogP contribution in [-0.4, -0.2) is 29.9 Å². The second-order valence-electron chi connectivity index (χ2n) is 7.28. The maximum atomic E-state index is 12.9. The number of thiocarbonyl (C=S) groups is 1. The van der Waals surface area contributed by atoms with Gasteiger partial charge in [0.25, 0.3) is 11.8 Å². The SMILES string of the molecule is COc1ccc(N2C(=O)/C(=C/c3ccc(OCC(=O)Nc4cc(Cl)cc(Cl)c4)cc3)SC2=S)cc1. The molecule has 1 saturated heterocycles. The Hall–Kier alpha value is -3.04. The Morgan fingerprint density at radius 2 is 1.66 bits per heavy atom. The highest BCUT2D eigenvalue weighted by molar-refractivity contribution is 8.27. The van der Waals surface area contributed by atoms with Crippen molar-refractivity contribution in [1.29, 1.82) is 0 Å². The summed E-state index contributed by atoms with van der Waals surface area (Å²) in [6.45, 7) is -0.190. The molecule has 2 amide bonds. The second kappa shape index (κ2) is 11.1. The van der Waals surface area contributed by atoms with Crippen LogP contribution in [0.1, 0.15) is 5.56 Å². The number of carbonyl (C=O) groups excluding carboxylic acids is 2. The smallest absolute Gasteiger partial charge is 0.270 e. The van der Waals surface area contributed by atoms with Crippen LogP contribution in [0.4, 0.5) is 11.4 Å². The van der Waals surface area contributed by atoms with Crippen molar-refractivity contribution in [1.82, 2.24) is 0 Å². The van der Waals surface area contributed by atoms with Crippen molar-refractivity contribution in [2.45, 2.75) is 0 Å². The molecule has 0 saturated carbocycles. The van der Waals surface area contributed by atoms with Gasteiger partial charge < -0.3 is 14.8 Å². The van der Waals surface area contributed by atoms with E-state index in [0.29, 0.717) is 42.1 Å². The number of anilines is 2. The molecule has 1 N–H and O–H groups in total. The summed E-state index contributed by atoms with van der Waals surface area (Å²) in [5.74, 6) is 0.661. The summed E-state index contributed by atoms with van der Waals surface area (Å²) in [4.78, 5) is 27.1. The Bertz CT molecular complexity index is 1290. The fraction of sp³-hybridized carbons (Fsp3) is 0.0800. The minimum atomic E-state index is -0.352. The highest BCUT2D eigenvalue weighted by atomic mass is 35.5. The van der Waals surface area contributed by atoms with E-state index in [1.807, 2.05) is 0 Å². The molecule has 6 nitrogen and oxygen atoms in total. The summed E-state index contributed by atoms with van der Waals surface area (Å²) in [5, 5.41) is 3.52. The Labute approximate surface area is 221 Å². The molecule has 1 fully saturated rings. The van der Waals surface area contributed by atoms with Crippen LogP contribution in [0.3, 0.4) is 0 Å². The van der Waals surface area contributed by atoms with Crippen LogP contribution in [0.25, 0.3) is 6.08 Å². The number of halogens is 2. The second-order valence-corrected chi connectivity index (χ2v) is 9.83. The van der Waals surface area contributed by atoms with Gasteiger partial charge in [0.1, 0.15) is 11.5 Å². The molecule has 178 valence electrons. The van der Waals surface area contributed by atoms with Crippen LogP contribution >= 0.6 is 47.2 Å². The number of hydrogen-bond acceptors (Lipinski definition) is 6. The van der Waals surface area contributed by atoms with Crippen molar-refractivity contribution in [3.05, 3.63) is 87.2 Å². The van der Waals surface area contributed by atoms with Gasteiger partial charge in [0.05, 0.1) is 17.7 Å². The largest absolute Gasteiger partial charge is 0.497 e. The van der Waals surface area contributed by atoms with E-state index in [1.54, 1.807) is 79.9 Å². The molecule has 1 aliphatic rings. The number of carbonyl (C=O) groups is 2. The minimum Gasteiger partial charge on any atom is -0.497 e. The van der Waals surface area contributed by atoms with Crippen molar-refractivity contribution in [2.75, 3.05) is 23.9 Å². The fourth-order valence-corrected chi connectivity index (χ4v) is 5.03. The number of nitrogens with one attached hydrogen (secondary N) is 1. The van der Waals surface area contributed by atoms with Gasteiger partial charge in [0, 0.05) is 15.7 Å². The zero-order valence-corrected chi connectivity index (χ0v) is 21.4. The molecule has 0 unspecified atom stereocenters. The normalized spacial score (nSPS) is 14.4. The van der Waals surface area contributed by atoms with Crippen LogP contribution in [0.2, 0.25) is 10.0 Å². The summed E-state index contributed by atoms with van der Waals surface area (Å²) in [7, 11) is 1.58. The Balaban J connectivity index is 1.36. The number of hydrogen-bond donors (Lipinski definition) is 1. The summed E-state index contributed by atoms with van der Waals surface area (Å²) in [6.07, 6.45) is 1.77. The third kappa shape index (κ3) is 6.35. The van der Waals surface area contributed by atoms with Crippen molar-refractivity contribution < 1.29 is 19.1 Å². The van der Waals surface area contributed by atoms with Gasteiger partial charge in [-0.2, -0.15) is 0 Å². The number of methoxy groups -OCH3 is 1. The average Bonchev–Trinajstić information content (AvgIpc) is 3.10. The first-order chi connectivity index (χ1) is 16.8. The third-order valence-electron chi connectivity index (χ3n) is 4.82. The highest BCUT2D eigenvalue weighted by Gasteiger charge is 2.33. The highest BCUT2D eigenvalue weighted by Crippen LogP contribution is 2.36. The van der Waals surface area contributed by atoms with Crippen molar-refractivity contribution in [3.63, 3.8) is 0 Å². The maximum absolute atomic E-state index is 12.9. The molecule has 1 heterocycles. The lowest BCUT2D eigenvalue weighted by atomic mass is 10.2. The van der Waals surface area contributed by atoms with E-state index in [0.717, 1.165) is 5.56 Å². The maximum Gasteiger partial charge on any atom is 0.270 e. The minimum absolute atomic E-state index is 0.190. The topological polar surface area (TPSA) is 67.9 Å². The first kappa shape index (κ1) is 25.1. The number of nitrogens with zero attached hydrogens (tertiary/aromatic N) is 1. The first-order valence-corrected chi connectivity index (χ1v) is 12.2. The molecule has 0 radical (unpaired) electrons. The molecule has 35 heavy (non-hydrogen) atoms. The molecule has 0 aromatic heterocycles. The lowest BCUT2D eigenvalue weighted by Crippen LogP contribution is -2.27. The number of ether oxygens (including phenoxy) is 2. The lowest BCUT2D eigenvalue weighted by Gasteiger charge is -2.14. The van der Waals surface area contributed by atoms with Crippen molar-refractivity contribution >= 4 is 80.8 Å². The quantitative estimate of drug-likeness (QED) is 0.273. The molecular weight excluding hydrogens is 527 g/mol. The summed E-state index contributed by atoms with van der Waals surface area (Å²) in [5.41, 5.74) is 1.96.